The standard InChI is InChI=1S/C29H31BrO2/c1-6-32-27(31)24(21-8-7-9-23(30)16-21)15-19-10-11-20-17-25-26(18-22(20)14-19)29(4,5)13-12-28(25,2)3/h7-11,14-18H,6,12-13H2,1-5H3/b24-15+. The van der Waals surface area contributed by atoms with Crippen LogP contribution in [0.25, 0.3) is 22.4 Å². The topological polar surface area (TPSA) is 26.3 Å². The second-order valence-corrected chi connectivity index (χ2v) is 11.0. The Balaban J connectivity index is 1.85. The predicted octanol–water partition coefficient (Wildman–Crippen LogP) is 8.06. The minimum Gasteiger partial charge on any atom is -0.462 e. The maximum absolute atomic E-state index is 12.8. The summed E-state index contributed by atoms with van der Waals surface area (Å²) in [6.45, 7) is 11.6. The van der Waals surface area contributed by atoms with Gasteiger partial charge in [0.2, 0.25) is 0 Å². The lowest BCUT2D eigenvalue weighted by molar-refractivity contribution is -0.136. The molecule has 0 amide bonds. The van der Waals surface area contributed by atoms with Crippen LogP contribution in [0.4, 0.5) is 0 Å². The van der Waals surface area contributed by atoms with E-state index in [0.29, 0.717) is 12.2 Å². The monoisotopic (exact) mass is 490 g/mol. The third kappa shape index (κ3) is 4.41. The molecule has 0 N–H and O–H groups in total. The molecule has 0 unspecified atom stereocenters. The molecule has 0 aliphatic heterocycles. The first-order chi connectivity index (χ1) is 15.1. The molecule has 3 aromatic carbocycles. The number of ether oxygens (including phenoxy) is 1. The van der Waals surface area contributed by atoms with Crippen molar-refractivity contribution in [3.63, 3.8) is 0 Å². The SMILES string of the molecule is CCOC(=O)/C(=C/c1ccc2cc3c(cc2c1)C(C)(C)CCC3(C)C)c1cccc(Br)c1. The molecule has 3 heteroatoms. The summed E-state index contributed by atoms with van der Waals surface area (Å²) in [5, 5.41) is 2.45. The first kappa shape index (κ1) is 22.8. The van der Waals surface area contributed by atoms with Crippen molar-refractivity contribution in [1.82, 2.24) is 0 Å². The highest BCUT2D eigenvalue weighted by molar-refractivity contribution is 9.10. The fourth-order valence-electron chi connectivity index (χ4n) is 4.71. The lowest BCUT2D eigenvalue weighted by Crippen LogP contribution is -2.33. The second kappa shape index (κ2) is 8.51. The van der Waals surface area contributed by atoms with Gasteiger partial charge < -0.3 is 4.74 Å². The zero-order valence-corrected chi connectivity index (χ0v) is 21.2. The smallest absolute Gasteiger partial charge is 0.338 e. The van der Waals surface area contributed by atoms with Crippen molar-refractivity contribution in [2.75, 3.05) is 6.61 Å². The Morgan fingerprint density at radius 2 is 1.59 bits per heavy atom. The molecule has 2 nitrogen and oxygen atoms in total. The van der Waals surface area contributed by atoms with Gasteiger partial charge in [-0.05, 0) is 87.9 Å². The van der Waals surface area contributed by atoms with Crippen LogP contribution in [0.1, 0.15) is 69.7 Å². The van der Waals surface area contributed by atoms with E-state index in [1.54, 1.807) is 0 Å². The van der Waals surface area contributed by atoms with Gasteiger partial charge in [-0.3, -0.25) is 0 Å². The number of rotatable bonds is 4. The summed E-state index contributed by atoms with van der Waals surface area (Å²) < 4.78 is 6.29. The predicted molar refractivity (Wildman–Crippen MR) is 138 cm³/mol. The first-order valence-electron chi connectivity index (χ1n) is 11.3. The molecule has 0 atom stereocenters. The second-order valence-electron chi connectivity index (χ2n) is 10.1. The molecule has 3 aromatic rings. The van der Waals surface area contributed by atoms with Gasteiger partial charge in [-0.2, -0.15) is 0 Å². The van der Waals surface area contributed by atoms with Crippen LogP contribution in [0, 0.1) is 0 Å². The summed E-state index contributed by atoms with van der Waals surface area (Å²) >= 11 is 3.51. The average molecular weight is 491 g/mol. The fraction of sp³-hybridized carbons (Fsp3) is 0.345. The molecular formula is C29H31BrO2. The quantitative estimate of drug-likeness (QED) is 0.210. The number of hydrogen-bond acceptors (Lipinski definition) is 2. The molecule has 0 radical (unpaired) electrons. The van der Waals surface area contributed by atoms with Gasteiger partial charge >= 0.3 is 5.97 Å². The Morgan fingerprint density at radius 3 is 2.22 bits per heavy atom. The summed E-state index contributed by atoms with van der Waals surface area (Å²) in [7, 11) is 0. The summed E-state index contributed by atoms with van der Waals surface area (Å²) in [5.74, 6) is -0.306. The summed E-state index contributed by atoms with van der Waals surface area (Å²) in [6, 6.07) is 19.0. The van der Waals surface area contributed by atoms with E-state index < -0.39 is 0 Å². The third-order valence-corrected chi connectivity index (χ3v) is 7.27. The van der Waals surface area contributed by atoms with Gasteiger partial charge in [0, 0.05) is 4.47 Å². The van der Waals surface area contributed by atoms with E-state index in [2.05, 4.69) is 74.0 Å². The normalized spacial score (nSPS) is 17.1. The molecule has 32 heavy (non-hydrogen) atoms. The van der Waals surface area contributed by atoms with Gasteiger partial charge in [0.25, 0.3) is 0 Å². The van der Waals surface area contributed by atoms with Crippen LogP contribution in [-0.4, -0.2) is 12.6 Å². The molecule has 0 saturated heterocycles. The minimum atomic E-state index is -0.306. The number of benzene rings is 3. The molecule has 0 aromatic heterocycles. The molecular weight excluding hydrogens is 460 g/mol. The van der Waals surface area contributed by atoms with Crippen LogP contribution in [-0.2, 0) is 20.4 Å². The number of esters is 1. The summed E-state index contributed by atoms with van der Waals surface area (Å²) in [5.41, 5.74) is 5.66. The number of carbonyl (C=O) groups is 1. The Hall–Kier alpha value is -2.39. The lowest BCUT2D eigenvalue weighted by atomic mass is 9.63. The maximum Gasteiger partial charge on any atom is 0.338 e. The van der Waals surface area contributed by atoms with Crippen molar-refractivity contribution in [2.24, 2.45) is 0 Å². The van der Waals surface area contributed by atoms with Gasteiger partial charge in [-0.15, -0.1) is 0 Å². The molecule has 166 valence electrons. The van der Waals surface area contributed by atoms with E-state index in [1.807, 2.05) is 37.3 Å². The van der Waals surface area contributed by atoms with E-state index in [-0.39, 0.29) is 16.8 Å². The zero-order chi connectivity index (χ0) is 23.1. The molecule has 1 aliphatic rings. The largest absolute Gasteiger partial charge is 0.462 e. The van der Waals surface area contributed by atoms with Gasteiger partial charge in [0.15, 0.2) is 0 Å². The molecule has 4 rings (SSSR count). The fourth-order valence-corrected chi connectivity index (χ4v) is 5.11. The zero-order valence-electron chi connectivity index (χ0n) is 19.6. The van der Waals surface area contributed by atoms with Crippen LogP contribution < -0.4 is 0 Å². The van der Waals surface area contributed by atoms with Gasteiger partial charge in [-0.1, -0.05) is 80.0 Å². The lowest BCUT2D eigenvalue weighted by Gasteiger charge is -2.42. The minimum absolute atomic E-state index is 0.164. The molecule has 0 spiro atoms. The van der Waals surface area contributed by atoms with Crippen molar-refractivity contribution < 1.29 is 9.53 Å². The van der Waals surface area contributed by atoms with Crippen molar-refractivity contribution in [2.45, 2.75) is 58.3 Å². The van der Waals surface area contributed by atoms with Crippen LogP contribution in [0.2, 0.25) is 0 Å². The van der Waals surface area contributed by atoms with Gasteiger partial charge in [0.1, 0.15) is 0 Å². The first-order valence-corrected chi connectivity index (χ1v) is 12.1. The van der Waals surface area contributed by atoms with Crippen molar-refractivity contribution >= 4 is 44.3 Å². The van der Waals surface area contributed by atoms with Crippen LogP contribution in [0.3, 0.4) is 0 Å². The Morgan fingerprint density at radius 1 is 0.938 bits per heavy atom. The molecule has 0 fully saturated rings. The maximum atomic E-state index is 12.8. The highest BCUT2D eigenvalue weighted by Gasteiger charge is 2.37. The number of hydrogen-bond donors (Lipinski definition) is 0. The van der Waals surface area contributed by atoms with Crippen LogP contribution in [0.5, 0.6) is 0 Å². The van der Waals surface area contributed by atoms with E-state index >= 15 is 0 Å². The van der Waals surface area contributed by atoms with E-state index in [9.17, 15) is 4.79 Å². The van der Waals surface area contributed by atoms with Crippen LogP contribution in [0.15, 0.2) is 59.1 Å². The molecule has 0 heterocycles. The average Bonchev–Trinajstić information content (AvgIpc) is 2.74. The summed E-state index contributed by atoms with van der Waals surface area (Å²) in [4.78, 5) is 12.8. The molecule has 0 saturated carbocycles. The molecule has 1 aliphatic carbocycles. The van der Waals surface area contributed by atoms with Gasteiger partial charge in [0.05, 0.1) is 12.2 Å². The van der Waals surface area contributed by atoms with Crippen molar-refractivity contribution in [1.29, 1.82) is 0 Å². The number of fused-ring (bicyclic) bond motifs is 2. The Labute approximate surface area is 199 Å². The highest BCUT2D eigenvalue weighted by atomic mass is 79.9. The Kier molecular flexibility index (Phi) is 6.06. The van der Waals surface area contributed by atoms with Gasteiger partial charge in [-0.25, -0.2) is 4.79 Å². The molecule has 0 bridgehead atoms. The van der Waals surface area contributed by atoms with Crippen molar-refractivity contribution in [3.8, 4) is 0 Å². The highest BCUT2D eigenvalue weighted by Crippen LogP contribution is 2.47. The third-order valence-electron chi connectivity index (χ3n) is 6.78. The van der Waals surface area contributed by atoms with Crippen LogP contribution >= 0.6 is 15.9 Å². The number of carbonyl (C=O) groups excluding carboxylic acids is 1. The van der Waals surface area contributed by atoms with E-state index in [4.69, 9.17) is 4.74 Å². The summed E-state index contributed by atoms with van der Waals surface area (Å²) in [6.07, 6.45) is 4.33. The Bertz CT molecular complexity index is 1220. The van der Waals surface area contributed by atoms with E-state index in [0.717, 1.165) is 15.6 Å². The van der Waals surface area contributed by atoms with E-state index in [1.165, 1.54) is 34.7 Å². The number of halogens is 1. The van der Waals surface area contributed by atoms with Crippen molar-refractivity contribution in [3.05, 3.63) is 81.3 Å².